The van der Waals surface area contributed by atoms with Crippen molar-refractivity contribution in [1.29, 1.82) is 0 Å². The molecule has 0 amide bonds. The van der Waals surface area contributed by atoms with Gasteiger partial charge in [-0.15, -0.1) is 0 Å². The Morgan fingerprint density at radius 3 is 2.44 bits per heavy atom. The molecule has 1 aromatic carbocycles. The highest BCUT2D eigenvalue weighted by atomic mass is 32.1. The van der Waals surface area contributed by atoms with Crippen molar-refractivity contribution in [2.45, 2.75) is 33.0 Å². The van der Waals surface area contributed by atoms with Gasteiger partial charge in [-0.05, 0) is 44.5 Å². The quantitative estimate of drug-likeness (QED) is 0.832. The molecule has 1 heterocycles. The average Bonchev–Trinajstić information content (AvgIpc) is 2.27. The summed E-state index contributed by atoms with van der Waals surface area (Å²) in [5.74, 6) is 0. The van der Waals surface area contributed by atoms with E-state index in [4.69, 9.17) is 22.7 Å². The van der Waals surface area contributed by atoms with E-state index < -0.39 is 0 Å². The molecule has 1 saturated heterocycles. The Balaban J connectivity index is 2.25. The number of anilines is 1. The van der Waals surface area contributed by atoms with Crippen molar-refractivity contribution in [2.24, 2.45) is 5.73 Å². The monoisotopic (exact) mass is 264 g/mol. The smallest absolute Gasteiger partial charge is 0.103 e. The minimum Gasteiger partial charge on any atom is -0.389 e. The number of nitrogens with zero attached hydrogens (tertiary/aromatic N) is 1. The minimum absolute atomic E-state index is 0.267. The van der Waals surface area contributed by atoms with Gasteiger partial charge in [-0.2, -0.15) is 0 Å². The molecule has 0 radical (unpaired) electrons. The fourth-order valence-electron chi connectivity index (χ4n) is 2.54. The van der Waals surface area contributed by atoms with Gasteiger partial charge in [0.05, 0.1) is 12.2 Å². The van der Waals surface area contributed by atoms with E-state index in [-0.39, 0.29) is 12.2 Å². The lowest BCUT2D eigenvalue weighted by molar-refractivity contribution is -0.00524. The Morgan fingerprint density at radius 2 is 1.94 bits per heavy atom. The highest BCUT2D eigenvalue weighted by Gasteiger charge is 2.23. The first-order chi connectivity index (χ1) is 8.47. The van der Waals surface area contributed by atoms with Gasteiger partial charge in [0.15, 0.2) is 0 Å². The third kappa shape index (κ3) is 2.82. The number of thiocarbonyl (C=S) groups is 1. The van der Waals surface area contributed by atoms with Crippen LogP contribution in [0.3, 0.4) is 0 Å². The van der Waals surface area contributed by atoms with E-state index in [1.165, 1.54) is 11.3 Å². The summed E-state index contributed by atoms with van der Waals surface area (Å²) in [6.45, 7) is 8.18. The molecule has 0 bridgehead atoms. The third-order valence-electron chi connectivity index (χ3n) is 3.24. The molecule has 2 atom stereocenters. The lowest BCUT2D eigenvalue weighted by Crippen LogP contribution is -2.45. The average molecular weight is 264 g/mol. The van der Waals surface area contributed by atoms with Crippen LogP contribution in [0.1, 0.15) is 25.0 Å². The molecule has 98 valence electrons. The molecule has 1 aromatic rings. The number of hydrogen-bond donors (Lipinski definition) is 1. The Labute approximate surface area is 114 Å². The summed E-state index contributed by atoms with van der Waals surface area (Å²) in [7, 11) is 0. The number of ether oxygens (including phenoxy) is 1. The minimum atomic E-state index is 0.267. The Hall–Kier alpha value is -1.13. The predicted molar refractivity (Wildman–Crippen MR) is 79.3 cm³/mol. The largest absolute Gasteiger partial charge is 0.389 e. The zero-order valence-electron chi connectivity index (χ0n) is 11.1. The maximum Gasteiger partial charge on any atom is 0.103 e. The summed E-state index contributed by atoms with van der Waals surface area (Å²) in [5, 5.41) is 0. The first-order valence-corrected chi connectivity index (χ1v) is 6.69. The maximum absolute atomic E-state index is 5.76. The van der Waals surface area contributed by atoms with Crippen LogP contribution in [0.2, 0.25) is 0 Å². The number of benzene rings is 1. The molecule has 18 heavy (non-hydrogen) atoms. The standard InChI is InChI=1S/C14H20N2OS/c1-9-6-12(14(15)18)4-5-13(9)16-7-10(2)17-11(3)8-16/h4-6,10-11H,7-8H2,1-3H3,(H2,15,18). The molecule has 4 heteroatoms. The van der Waals surface area contributed by atoms with Crippen molar-refractivity contribution in [3.05, 3.63) is 29.3 Å². The Bertz CT molecular complexity index is 451. The molecule has 0 aromatic heterocycles. The van der Waals surface area contributed by atoms with E-state index in [0.717, 1.165) is 18.7 Å². The SMILES string of the molecule is Cc1cc(C(N)=S)ccc1N1CC(C)OC(C)C1. The molecule has 2 unspecified atom stereocenters. The molecule has 0 saturated carbocycles. The summed E-state index contributed by atoms with van der Waals surface area (Å²) in [6, 6.07) is 6.16. The third-order valence-corrected chi connectivity index (χ3v) is 3.48. The zero-order valence-corrected chi connectivity index (χ0v) is 12.0. The van der Waals surface area contributed by atoms with Gasteiger partial charge in [0.2, 0.25) is 0 Å². The Kier molecular flexibility index (Phi) is 3.88. The lowest BCUT2D eigenvalue weighted by atomic mass is 10.1. The summed E-state index contributed by atoms with van der Waals surface area (Å²) < 4.78 is 5.76. The van der Waals surface area contributed by atoms with Gasteiger partial charge in [-0.1, -0.05) is 12.2 Å². The van der Waals surface area contributed by atoms with Crippen molar-refractivity contribution < 1.29 is 4.74 Å². The number of nitrogens with two attached hydrogens (primary N) is 1. The van der Waals surface area contributed by atoms with E-state index in [2.05, 4.69) is 37.8 Å². The van der Waals surface area contributed by atoms with Gasteiger partial charge in [0.1, 0.15) is 4.99 Å². The predicted octanol–water partition coefficient (Wildman–Crippen LogP) is 2.24. The van der Waals surface area contributed by atoms with Crippen LogP contribution in [-0.4, -0.2) is 30.3 Å². The van der Waals surface area contributed by atoms with Gasteiger partial charge < -0.3 is 15.4 Å². The van der Waals surface area contributed by atoms with Crippen LogP contribution in [0.15, 0.2) is 18.2 Å². The number of morpholine rings is 1. The topological polar surface area (TPSA) is 38.5 Å². The van der Waals surface area contributed by atoms with Gasteiger partial charge in [0.25, 0.3) is 0 Å². The zero-order chi connectivity index (χ0) is 13.3. The molecule has 1 aliphatic rings. The second-order valence-electron chi connectivity index (χ2n) is 5.03. The van der Waals surface area contributed by atoms with Gasteiger partial charge in [0, 0.05) is 24.3 Å². The van der Waals surface area contributed by atoms with Gasteiger partial charge in [-0.3, -0.25) is 0 Å². The molecule has 3 nitrogen and oxygen atoms in total. The maximum atomic E-state index is 5.76. The molecular formula is C14H20N2OS. The summed E-state index contributed by atoms with van der Waals surface area (Å²) in [4.78, 5) is 2.82. The highest BCUT2D eigenvalue weighted by molar-refractivity contribution is 7.80. The van der Waals surface area contributed by atoms with E-state index in [0.29, 0.717) is 4.99 Å². The molecule has 1 aliphatic heterocycles. The van der Waals surface area contributed by atoms with E-state index in [9.17, 15) is 0 Å². The lowest BCUT2D eigenvalue weighted by Gasteiger charge is -2.37. The van der Waals surface area contributed by atoms with Crippen molar-refractivity contribution in [1.82, 2.24) is 0 Å². The number of rotatable bonds is 2. The summed E-state index contributed by atoms with van der Waals surface area (Å²) in [5.41, 5.74) is 9.04. The highest BCUT2D eigenvalue weighted by Crippen LogP contribution is 2.25. The van der Waals surface area contributed by atoms with Crippen LogP contribution in [0.5, 0.6) is 0 Å². The van der Waals surface area contributed by atoms with Crippen LogP contribution in [0, 0.1) is 6.92 Å². The molecule has 2 N–H and O–H groups in total. The first kappa shape index (κ1) is 13.3. The van der Waals surface area contributed by atoms with E-state index in [1.807, 2.05) is 6.07 Å². The van der Waals surface area contributed by atoms with E-state index >= 15 is 0 Å². The second kappa shape index (κ2) is 5.24. The van der Waals surface area contributed by atoms with Crippen LogP contribution >= 0.6 is 12.2 Å². The molecule has 1 fully saturated rings. The second-order valence-corrected chi connectivity index (χ2v) is 5.47. The molecule has 0 aliphatic carbocycles. The Morgan fingerprint density at radius 1 is 1.33 bits per heavy atom. The normalized spacial score (nSPS) is 24.1. The fourth-order valence-corrected chi connectivity index (χ4v) is 2.67. The van der Waals surface area contributed by atoms with Crippen LogP contribution < -0.4 is 10.6 Å². The van der Waals surface area contributed by atoms with Crippen molar-refractivity contribution in [2.75, 3.05) is 18.0 Å². The van der Waals surface area contributed by atoms with Crippen LogP contribution in [-0.2, 0) is 4.74 Å². The van der Waals surface area contributed by atoms with Crippen LogP contribution in [0.4, 0.5) is 5.69 Å². The molecule has 2 rings (SSSR count). The summed E-state index contributed by atoms with van der Waals surface area (Å²) in [6.07, 6.45) is 0.534. The van der Waals surface area contributed by atoms with Crippen molar-refractivity contribution in [3.8, 4) is 0 Å². The number of aryl methyl sites for hydroxylation is 1. The fraction of sp³-hybridized carbons (Fsp3) is 0.500. The van der Waals surface area contributed by atoms with Crippen molar-refractivity contribution >= 4 is 22.9 Å². The van der Waals surface area contributed by atoms with Crippen molar-refractivity contribution in [3.63, 3.8) is 0 Å². The van der Waals surface area contributed by atoms with Crippen LogP contribution in [0.25, 0.3) is 0 Å². The summed E-state index contributed by atoms with van der Waals surface area (Å²) >= 11 is 5.00. The molecule has 0 spiro atoms. The van der Waals surface area contributed by atoms with Gasteiger partial charge >= 0.3 is 0 Å². The number of hydrogen-bond acceptors (Lipinski definition) is 3. The molecular weight excluding hydrogens is 244 g/mol. The van der Waals surface area contributed by atoms with Gasteiger partial charge in [-0.25, -0.2) is 0 Å². The van der Waals surface area contributed by atoms with E-state index in [1.54, 1.807) is 0 Å². The first-order valence-electron chi connectivity index (χ1n) is 6.28.